The molecule has 2 aromatic carbocycles. The third kappa shape index (κ3) is 6.47. The Kier molecular flexibility index (Phi) is 9.90. The van der Waals surface area contributed by atoms with Crippen LogP contribution in [-0.4, -0.2) is 20.0 Å². The maximum absolute atomic E-state index is 12.2. The van der Waals surface area contributed by atoms with E-state index in [0.717, 1.165) is 22.8 Å². The molecule has 0 fully saturated rings. The van der Waals surface area contributed by atoms with Gasteiger partial charge in [-0.15, -0.1) is 13.2 Å². The van der Waals surface area contributed by atoms with Crippen molar-refractivity contribution in [1.29, 1.82) is 0 Å². The minimum absolute atomic E-state index is 0.0495. The Balaban J connectivity index is 0.000000411. The summed E-state index contributed by atoms with van der Waals surface area (Å²) in [5, 5.41) is 6.04. The minimum Gasteiger partial charge on any atom is -0.355 e. The van der Waals surface area contributed by atoms with Crippen LogP contribution in [0, 0.1) is 5.92 Å². The number of para-hydroxylation sites is 1. The van der Waals surface area contributed by atoms with Crippen molar-refractivity contribution in [3.63, 3.8) is 0 Å². The third-order valence-corrected chi connectivity index (χ3v) is 4.14. The fourth-order valence-corrected chi connectivity index (χ4v) is 2.85. The third-order valence-electron chi connectivity index (χ3n) is 4.14. The maximum Gasteiger partial charge on any atom is 0.251 e. The summed E-state index contributed by atoms with van der Waals surface area (Å²) in [4.78, 5) is 14.2. The Morgan fingerprint density at radius 3 is 1.93 bits per heavy atom. The lowest BCUT2D eigenvalue weighted by molar-refractivity contribution is -0.117. The Hall–Kier alpha value is -3.27. The van der Waals surface area contributed by atoms with Gasteiger partial charge >= 0.3 is 0 Å². The van der Waals surface area contributed by atoms with Gasteiger partial charge in [0.25, 0.3) is 5.91 Å². The predicted octanol–water partition coefficient (Wildman–Crippen LogP) is 4.71. The van der Waals surface area contributed by atoms with Crippen LogP contribution in [0.25, 0.3) is 0 Å². The molecule has 0 aromatic heterocycles. The molecule has 0 bridgehead atoms. The lowest BCUT2D eigenvalue weighted by Gasteiger charge is -2.31. The maximum atomic E-state index is 12.2. The van der Waals surface area contributed by atoms with Crippen molar-refractivity contribution in [2.75, 3.05) is 19.0 Å². The van der Waals surface area contributed by atoms with Gasteiger partial charge in [0.05, 0.1) is 5.57 Å². The number of likely N-dealkylation sites (N-methyl/N-ethyl adjacent to an activating group) is 1. The summed E-state index contributed by atoms with van der Waals surface area (Å²) >= 11 is 0. The van der Waals surface area contributed by atoms with Crippen LogP contribution in [0.2, 0.25) is 0 Å². The number of carbonyl (C=O) groups excluding carboxylic acids is 1. The lowest BCUT2D eigenvalue weighted by atomic mass is 9.95. The van der Waals surface area contributed by atoms with Crippen molar-refractivity contribution in [3.8, 4) is 0 Å². The smallest absolute Gasteiger partial charge is 0.251 e. The number of benzene rings is 2. The second-order valence-corrected chi connectivity index (χ2v) is 6.15. The Bertz CT molecular complexity index is 755. The van der Waals surface area contributed by atoms with Crippen molar-refractivity contribution >= 4 is 11.6 Å². The molecule has 28 heavy (non-hydrogen) atoms. The number of hydrogen-bond donors (Lipinski definition) is 2. The lowest BCUT2D eigenvalue weighted by Crippen LogP contribution is -2.38. The number of carbonyl (C=O) groups is 1. The van der Waals surface area contributed by atoms with E-state index < -0.39 is 0 Å². The molecule has 1 amide bonds. The first-order chi connectivity index (χ1) is 13.5. The highest BCUT2D eigenvalue weighted by Gasteiger charge is 2.26. The van der Waals surface area contributed by atoms with E-state index in [1.165, 1.54) is 0 Å². The summed E-state index contributed by atoms with van der Waals surface area (Å²) < 4.78 is 0. The van der Waals surface area contributed by atoms with Gasteiger partial charge < -0.3 is 15.5 Å². The molecule has 0 radical (unpaired) electrons. The van der Waals surface area contributed by atoms with Crippen LogP contribution in [0.15, 0.2) is 103 Å². The number of anilines is 1. The molecule has 4 heteroatoms. The molecule has 0 saturated heterocycles. The highest BCUT2D eigenvalue weighted by atomic mass is 16.1. The predicted molar refractivity (Wildman–Crippen MR) is 120 cm³/mol. The number of allylic oxidation sites excluding steroid dienone is 2. The number of rotatable bonds is 3. The molecule has 1 aliphatic rings. The fourth-order valence-electron chi connectivity index (χ4n) is 2.85. The van der Waals surface area contributed by atoms with E-state index in [9.17, 15) is 4.79 Å². The Labute approximate surface area is 169 Å². The molecule has 2 aromatic rings. The van der Waals surface area contributed by atoms with Gasteiger partial charge in [-0.1, -0.05) is 67.6 Å². The van der Waals surface area contributed by atoms with E-state index in [1.807, 2.05) is 92.5 Å². The quantitative estimate of drug-likeness (QED) is 0.761. The first kappa shape index (κ1) is 22.8. The second-order valence-electron chi connectivity index (χ2n) is 6.15. The standard InChI is InChI=1S/C16H21N3O.C6H6.C2H4/c1-11-10-12(2)18-15(14(11)16(20)17-3)19(4)13-8-6-5-7-9-13;1-2-4-6-5-3-1;1-2/h5-11,18H,1-4H3,(H,17,20);1-6H;1-2H2. The van der Waals surface area contributed by atoms with Gasteiger partial charge in [0.15, 0.2) is 0 Å². The van der Waals surface area contributed by atoms with Gasteiger partial charge in [0, 0.05) is 31.4 Å². The monoisotopic (exact) mass is 377 g/mol. The van der Waals surface area contributed by atoms with Crippen molar-refractivity contribution < 1.29 is 4.79 Å². The normalized spacial score (nSPS) is 14.9. The zero-order valence-electron chi connectivity index (χ0n) is 17.3. The molecule has 1 atom stereocenters. The summed E-state index contributed by atoms with van der Waals surface area (Å²) in [6.45, 7) is 10.0. The highest BCUT2D eigenvalue weighted by Crippen LogP contribution is 2.27. The molecule has 4 nitrogen and oxygen atoms in total. The topological polar surface area (TPSA) is 44.4 Å². The van der Waals surface area contributed by atoms with Gasteiger partial charge in [-0.2, -0.15) is 0 Å². The summed E-state index contributed by atoms with van der Waals surface area (Å²) in [5.74, 6) is 0.868. The molecule has 0 aliphatic carbocycles. The van der Waals surface area contributed by atoms with E-state index in [4.69, 9.17) is 0 Å². The molecule has 3 rings (SSSR count). The van der Waals surface area contributed by atoms with Gasteiger partial charge in [0.1, 0.15) is 5.82 Å². The van der Waals surface area contributed by atoms with Gasteiger partial charge in [-0.25, -0.2) is 0 Å². The van der Waals surface area contributed by atoms with Crippen LogP contribution in [-0.2, 0) is 4.79 Å². The van der Waals surface area contributed by atoms with Crippen LogP contribution in [0.1, 0.15) is 13.8 Å². The number of hydrogen-bond acceptors (Lipinski definition) is 3. The highest BCUT2D eigenvalue weighted by molar-refractivity contribution is 5.95. The second kappa shape index (κ2) is 12.2. The fraction of sp³-hybridized carbons (Fsp3) is 0.208. The average molecular weight is 378 g/mol. The van der Waals surface area contributed by atoms with Crippen LogP contribution >= 0.6 is 0 Å². The zero-order valence-corrected chi connectivity index (χ0v) is 17.3. The van der Waals surface area contributed by atoms with Crippen molar-refractivity contribution in [1.82, 2.24) is 10.6 Å². The average Bonchev–Trinajstić information content (AvgIpc) is 2.76. The summed E-state index contributed by atoms with van der Waals surface area (Å²) in [6.07, 6.45) is 2.06. The van der Waals surface area contributed by atoms with Crippen LogP contribution in [0.4, 0.5) is 5.69 Å². The van der Waals surface area contributed by atoms with Gasteiger partial charge in [0.2, 0.25) is 0 Å². The molecular formula is C24H31N3O. The Morgan fingerprint density at radius 2 is 1.46 bits per heavy atom. The number of nitrogens with one attached hydrogen (secondary N) is 2. The molecule has 1 unspecified atom stereocenters. The van der Waals surface area contributed by atoms with Crippen molar-refractivity contribution in [2.24, 2.45) is 5.92 Å². The first-order valence-electron chi connectivity index (χ1n) is 9.25. The van der Waals surface area contributed by atoms with E-state index in [2.05, 4.69) is 29.9 Å². The molecule has 1 aliphatic heterocycles. The van der Waals surface area contributed by atoms with Crippen LogP contribution in [0.5, 0.6) is 0 Å². The van der Waals surface area contributed by atoms with E-state index in [-0.39, 0.29) is 11.8 Å². The molecule has 1 heterocycles. The van der Waals surface area contributed by atoms with Gasteiger partial charge in [-0.3, -0.25) is 4.79 Å². The van der Waals surface area contributed by atoms with E-state index in [1.54, 1.807) is 7.05 Å². The van der Waals surface area contributed by atoms with Crippen LogP contribution < -0.4 is 15.5 Å². The molecule has 0 saturated carbocycles. The number of dihydropyridines is 1. The molecule has 2 N–H and O–H groups in total. The van der Waals surface area contributed by atoms with E-state index in [0.29, 0.717) is 0 Å². The van der Waals surface area contributed by atoms with Crippen molar-refractivity contribution in [2.45, 2.75) is 13.8 Å². The van der Waals surface area contributed by atoms with E-state index >= 15 is 0 Å². The van der Waals surface area contributed by atoms with Crippen LogP contribution in [0.3, 0.4) is 0 Å². The largest absolute Gasteiger partial charge is 0.355 e. The SMILES string of the molecule is C=C.CNC(=O)C1=C(N(C)c2ccccc2)NC(C)=CC1C.c1ccccc1. The summed E-state index contributed by atoms with van der Waals surface area (Å²) in [5.41, 5.74) is 2.85. The molecule has 0 spiro atoms. The van der Waals surface area contributed by atoms with Gasteiger partial charge in [-0.05, 0) is 19.1 Å². The Morgan fingerprint density at radius 1 is 1.00 bits per heavy atom. The van der Waals surface area contributed by atoms with Crippen molar-refractivity contribution in [3.05, 3.63) is 103 Å². The minimum atomic E-state index is -0.0495. The number of amides is 1. The molecule has 148 valence electrons. The number of nitrogens with zero attached hydrogens (tertiary/aromatic N) is 1. The summed E-state index contributed by atoms with van der Waals surface area (Å²) in [7, 11) is 3.62. The summed E-state index contributed by atoms with van der Waals surface area (Å²) in [6, 6.07) is 22.0. The first-order valence-corrected chi connectivity index (χ1v) is 9.25. The zero-order chi connectivity index (χ0) is 20.9. The molecular weight excluding hydrogens is 346 g/mol.